The van der Waals surface area contributed by atoms with Gasteiger partial charge in [0, 0.05) is 12.1 Å². The molecule has 4 nitrogen and oxygen atoms in total. The van der Waals surface area contributed by atoms with Crippen LogP contribution < -0.4 is 11.5 Å². The molecule has 0 saturated carbocycles. The highest BCUT2D eigenvalue weighted by Gasteiger charge is 2.34. The van der Waals surface area contributed by atoms with Crippen molar-refractivity contribution in [2.75, 3.05) is 13.2 Å². The van der Waals surface area contributed by atoms with Crippen LogP contribution in [0.3, 0.4) is 0 Å². The molecule has 0 spiro atoms. The Kier molecular flexibility index (Phi) is 4.95. The van der Waals surface area contributed by atoms with Crippen molar-refractivity contribution in [3.63, 3.8) is 0 Å². The molecule has 0 rings (SSSR count). The molecule has 0 radical (unpaired) electrons. The lowest BCUT2D eigenvalue weighted by atomic mass is 9.84. The van der Waals surface area contributed by atoms with Crippen LogP contribution in [-0.4, -0.2) is 24.7 Å². The summed E-state index contributed by atoms with van der Waals surface area (Å²) in [6, 6.07) is 0. The van der Waals surface area contributed by atoms with E-state index in [-0.39, 0.29) is 12.5 Å². The second kappa shape index (κ2) is 5.19. The Bertz CT molecular complexity index is 169. The third-order valence-electron chi connectivity index (χ3n) is 2.36. The van der Waals surface area contributed by atoms with Gasteiger partial charge in [0.15, 0.2) is 0 Å². The maximum absolute atomic E-state index is 11.4. The second-order valence-corrected chi connectivity index (χ2v) is 3.40. The van der Waals surface area contributed by atoms with Gasteiger partial charge < -0.3 is 16.2 Å². The zero-order valence-corrected chi connectivity index (χ0v) is 8.67. The summed E-state index contributed by atoms with van der Waals surface area (Å²) >= 11 is 0. The van der Waals surface area contributed by atoms with Crippen LogP contribution in [0, 0.1) is 5.92 Å². The maximum Gasteiger partial charge on any atom is 0.312 e. The number of carbonyl (C=O) groups is 1. The van der Waals surface area contributed by atoms with Crippen molar-refractivity contribution in [2.45, 2.75) is 32.7 Å². The maximum atomic E-state index is 11.4. The summed E-state index contributed by atoms with van der Waals surface area (Å²) in [5, 5.41) is 0. The molecule has 0 aliphatic heterocycles. The molecule has 0 heterocycles. The third kappa shape index (κ3) is 3.32. The molecule has 0 aromatic rings. The molecule has 2 atom stereocenters. The summed E-state index contributed by atoms with van der Waals surface area (Å²) in [5.74, 6) is -0.700. The zero-order valence-electron chi connectivity index (χ0n) is 8.67. The van der Waals surface area contributed by atoms with Crippen LogP contribution in [0.25, 0.3) is 0 Å². The summed E-state index contributed by atoms with van der Waals surface area (Å²) < 4.78 is 4.88. The molecular weight excluding hydrogens is 168 g/mol. The topological polar surface area (TPSA) is 78.3 Å². The van der Waals surface area contributed by atoms with E-state index in [1.807, 2.05) is 13.8 Å². The first kappa shape index (κ1) is 12.4. The quantitative estimate of drug-likeness (QED) is 0.606. The van der Waals surface area contributed by atoms with Gasteiger partial charge in [-0.25, -0.2) is 0 Å². The third-order valence-corrected chi connectivity index (χ3v) is 2.36. The molecule has 0 saturated heterocycles. The predicted octanol–water partition coefficient (Wildman–Crippen LogP) is 0.252. The summed E-state index contributed by atoms with van der Waals surface area (Å²) in [7, 11) is 0. The molecule has 0 amide bonds. The number of ether oxygens (including phenoxy) is 1. The molecule has 0 unspecified atom stereocenters. The fourth-order valence-corrected chi connectivity index (χ4v) is 1.12. The van der Waals surface area contributed by atoms with Crippen molar-refractivity contribution in [2.24, 2.45) is 17.4 Å². The SMILES string of the molecule is CCOC(=O)[C@H](CN)[C@@](C)(N)CC. The lowest BCUT2D eigenvalue weighted by molar-refractivity contribution is -0.149. The van der Waals surface area contributed by atoms with Gasteiger partial charge in [-0.05, 0) is 20.3 Å². The van der Waals surface area contributed by atoms with Gasteiger partial charge in [-0.3, -0.25) is 4.79 Å². The molecule has 0 bridgehead atoms. The molecule has 4 N–H and O–H groups in total. The van der Waals surface area contributed by atoms with Crippen LogP contribution in [0.15, 0.2) is 0 Å². The second-order valence-electron chi connectivity index (χ2n) is 3.40. The van der Waals surface area contributed by atoms with Crippen LogP contribution in [-0.2, 0) is 9.53 Å². The Labute approximate surface area is 79.6 Å². The van der Waals surface area contributed by atoms with Crippen molar-refractivity contribution in [3.05, 3.63) is 0 Å². The Morgan fingerprint density at radius 1 is 1.54 bits per heavy atom. The molecule has 0 fully saturated rings. The molecule has 0 aliphatic rings. The minimum absolute atomic E-state index is 0.236. The number of rotatable bonds is 5. The predicted molar refractivity (Wildman–Crippen MR) is 52.1 cm³/mol. The number of nitrogens with two attached hydrogens (primary N) is 2. The summed E-state index contributed by atoms with van der Waals surface area (Å²) in [6.07, 6.45) is 0.702. The number of hydrogen-bond donors (Lipinski definition) is 2. The standard InChI is InChI=1S/C9H20N2O2/c1-4-9(3,11)7(6-10)8(12)13-5-2/h7H,4-6,10-11H2,1-3H3/t7-,9-/m0/s1. The first-order chi connectivity index (χ1) is 5.99. The van der Waals surface area contributed by atoms with Crippen molar-refractivity contribution < 1.29 is 9.53 Å². The zero-order chi connectivity index (χ0) is 10.5. The van der Waals surface area contributed by atoms with Gasteiger partial charge in [-0.1, -0.05) is 6.92 Å². The lowest BCUT2D eigenvalue weighted by Gasteiger charge is -2.30. The highest BCUT2D eigenvalue weighted by Crippen LogP contribution is 2.18. The number of carbonyl (C=O) groups excluding carboxylic acids is 1. The van der Waals surface area contributed by atoms with Gasteiger partial charge in [-0.15, -0.1) is 0 Å². The average molecular weight is 188 g/mol. The fraction of sp³-hybridized carbons (Fsp3) is 0.889. The van der Waals surface area contributed by atoms with E-state index in [0.29, 0.717) is 13.0 Å². The van der Waals surface area contributed by atoms with Crippen LogP contribution in [0.5, 0.6) is 0 Å². The highest BCUT2D eigenvalue weighted by atomic mass is 16.5. The highest BCUT2D eigenvalue weighted by molar-refractivity contribution is 5.74. The lowest BCUT2D eigenvalue weighted by Crippen LogP contribution is -2.51. The first-order valence-electron chi connectivity index (χ1n) is 4.65. The van der Waals surface area contributed by atoms with E-state index >= 15 is 0 Å². The monoisotopic (exact) mass is 188 g/mol. The minimum atomic E-state index is -0.568. The van der Waals surface area contributed by atoms with Gasteiger partial charge >= 0.3 is 5.97 Å². The molecule has 0 aromatic heterocycles. The Balaban J connectivity index is 4.40. The molecule has 0 aliphatic carbocycles. The van der Waals surface area contributed by atoms with E-state index in [1.165, 1.54) is 0 Å². The smallest absolute Gasteiger partial charge is 0.312 e. The minimum Gasteiger partial charge on any atom is -0.466 e. The van der Waals surface area contributed by atoms with Gasteiger partial charge in [0.2, 0.25) is 0 Å². The normalized spacial score (nSPS) is 17.6. The first-order valence-corrected chi connectivity index (χ1v) is 4.65. The van der Waals surface area contributed by atoms with Gasteiger partial charge in [-0.2, -0.15) is 0 Å². The summed E-state index contributed by atoms with van der Waals surface area (Å²) in [4.78, 5) is 11.4. The van der Waals surface area contributed by atoms with Crippen LogP contribution in [0.4, 0.5) is 0 Å². The summed E-state index contributed by atoms with van der Waals surface area (Å²) in [5.41, 5.74) is 10.8. The molecule has 0 aromatic carbocycles. The van der Waals surface area contributed by atoms with E-state index in [0.717, 1.165) is 0 Å². The summed E-state index contributed by atoms with van der Waals surface area (Å²) in [6.45, 7) is 6.13. The van der Waals surface area contributed by atoms with Crippen molar-refractivity contribution in [3.8, 4) is 0 Å². The van der Waals surface area contributed by atoms with Gasteiger partial charge in [0.25, 0.3) is 0 Å². The van der Waals surface area contributed by atoms with Crippen LogP contribution in [0.2, 0.25) is 0 Å². The van der Waals surface area contributed by atoms with E-state index < -0.39 is 11.5 Å². The van der Waals surface area contributed by atoms with E-state index in [1.54, 1.807) is 6.92 Å². The average Bonchev–Trinajstić information content (AvgIpc) is 2.05. The Morgan fingerprint density at radius 2 is 2.08 bits per heavy atom. The molecule has 13 heavy (non-hydrogen) atoms. The molecule has 78 valence electrons. The van der Waals surface area contributed by atoms with Gasteiger partial charge in [0.1, 0.15) is 0 Å². The largest absolute Gasteiger partial charge is 0.466 e. The van der Waals surface area contributed by atoms with Crippen LogP contribution in [0.1, 0.15) is 27.2 Å². The Morgan fingerprint density at radius 3 is 2.38 bits per heavy atom. The van der Waals surface area contributed by atoms with Gasteiger partial charge in [0.05, 0.1) is 12.5 Å². The number of esters is 1. The molecule has 4 heteroatoms. The Hall–Kier alpha value is -0.610. The van der Waals surface area contributed by atoms with E-state index in [4.69, 9.17) is 16.2 Å². The number of hydrogen-bond acceptors (Lipinski definition) is 4. The van der Waals surface area contributed by atoms with Crippen molar-refractivity contribution >= 4 is 5.97 Å². The fourth-order valence-electron chi connectivity index (χ4n) is 1.12. The van der Waals surface area contributed by atoms with E-state index in [9.17, 15) is 4.79 Å². The molecular formula is C9H20N2O2. The van der Waals surface area contributed by atoms with Crippen LogP contribution >= 0.6 is 0 Å². The van der Waals surface area contributed by atoms with Crippen molar-refractivity contribution in [1.82, 2.24) is 0 Å². The van der Waals surface area contributed by atoms with Crippen molar-refractivity contribution in [1.29, 1.82) is 0 Å². The van der Waals surface area contributed by atoms with E-state index in [2.05, 4.69) is 0 Å².